The molecule has 3 N–H and O–H groups in total. The maximum Gasteiger partial charge on any atom is 0.224 e. The molecule has 0 aromatic rings. The molecule has 24 heavy (non-hydrogen) atoms. The van der Waals surface area contributed by atoms with E-state index in [1.807, 2.05) is 4.90 Å². The molecule has 3 aliphatic rings. The Bertz CT molecular complexity index is 476. The lowest BCUT2D eigenvalue weighted by molar-refractivity contribution is -0.210. The van der Waals surface area contributed by atoms with Gasteiger partial charge < -0.3 is 25.4 Å². The van der Waals surface area contributed by atoms with Crippen LogP contribution in [0.2, 0.25) is 0 Å². The second-order valence-electron chi connectivity index (χ2n) is 7.25. The van der Waals surface area contributed by atoms with Gasteiger partial charge in [-0.3, -0.25) is 9.59 Å². The Morgan fingerprint density at radius 2 is 2.08 bits per heavy atom. The molecule has 2 aliphatic heterocycles. The molecule has 0 unspecified atom stereocenters. The van der Waals surface area contributed by atoms with Crippen LogP contribution in [0, 0.1) is 5.41 Å². The third-order valence-electron chi connectivity index (χ3n) is 5.99. The highest BCUT2D eigenvalue weighted by atomic mass is 16.5. The highest BCUT2D eigenvalue weighted by Crippen LogP contribution is 2.50. The summed E-state index contributed by atoms with van der Waals surface area (Å²) in [6.45, 7) is 3.64. The van der Waals surface area contributed by atoms with Crippen LogP contribution in [-0.4, -0.2) is 78.3 Å². The number of piperidine rings is 1. The number of hydrogen-bond donors (Lipinski definition) is 2. The molecule has 0 bridgehead atoms. The van der Waals surface area contributed by atoms with Gasteiger partial charge in [-0.15, -0.1) is 0 Å². The predicted molar refractivity (Wildman–Crippen MR) is 88.1 cm³/mol. The highest BCUT2D eigenvalue weighted by molar-refractivity contribution is 5.80. The molecule has 2 heterocycles. The Morgan fingerprint density at radius 1 is 1.33 bits per heavy atom. The highest BCUT2D eigenvalue weighted by Gasteiger charge is 2.56. The number of nitrogens with zero attached hydrogens (tertiary/aromatic N) is 2. The van der Waals surface area contributed by atoms with Crippen molar-refractivity contribution in [3.8, 4) is 0 Å². The number of aliphatic hydroxyl groups is 1. The van der Waals surface area contributed by atoms with E-state index in [0.29, 0.717) is 52.0 Å². The number of ether oxygens (including phenoxy) is 1. The molecule has 3 fully saturated rings. The monoisotopic (exact) mass is 339 g/mol. The lowest BCUT2D eigenvalue weighted by Gasteiger charge is -2.56. The van der Waals surface area contributed by atoms with Crippen LogP contribution in [-0.2, 0) is 14.3 Å². The van der Waals surface area contributed by atoms with Crippen LogP contribution < -0.4 is 5.73 Å². The normalized spacial score (nSPS) is 29.2. The van der Waals surface area contributed by atoms with E-state index in [1.165, 1.54) is 0 Å². The average molecular weight is 339 g/mol. The van der Waals surface area contributed by atoms with E-state index in [-0.39, 0.29) is 29.4 Å². The third kappa shape index (κ3) is 3.30. The van der Waals surface area contributed by atoms with E-state index < -0.39 is 0 Å². The van der Waals surface area contributed by atoms with Gasteiger partial charge in [-0.1, -0.05) is 0 Å². The molecule has 7 nitrogen and oxygen atoms in total. The summed E-state index contributed by atoms with van der Waals surface area (Å²) in [4.78, 5) is 27.7. The summed E-state index contributed by atoms with van der Waals surface area (Å²) in [7, 11) is 0. The van der Waals surface area contributed by atoms with Crippen molar-refractivity contribution < 1.29 is 19.4 Å². The minimum Gasteiger partial charge on any atom is -0.392 e. The smallest absolute Gasteiger partial charge is 0.224 e. The largest absolute Gasteiger partial charge is 0.392 e. The van der Waals surface area contributed by atoms with Crippen LogP contribution in [0.25, 0.3) is 0 Å². The van der Waals surface area contributed by atoms with Crippen molar-refractivity contribution in [2.45, 2.75) is 50.7 Å². The first-order valence-corrected chi connectivity index (χ1v) is 9.12. The Morgan fingerprint density at radius 3 is 2.67 bits per heavy atom. The van der Waals surface area contributed by atoms with Gasteiger partial charge in [-0.05, 0) is 19.3 Å². The van der Waals surface area contributed by atoms with Crippen molar-refractivity contribution in [2.75, 3.05) is 39.3 Å². The second kappa shape index (κ2) is 7.37. The van der Waals surface area contributed by atoms with Gasteiger partial charge in [0.25, 0.3) is 0 Å². The van der Waals surface area contributed by atoms with Crippen molar-refractivity contribution in [1.29, 1.82) is 0 Å². The first-order chi connectivity index (χ1) is 11.6. The van der Waals surface area contributed by atoms with Crippen LogP contribution in [0.4, 0.5) is 0 Å². The molecule has 1 aliphatic carbocycles. The SMILES string of the molecule is NCCO[C@@H]1C[C@H](O)C12CCN(C(=O)CCN1CCCC1=O)CC2. The number of carbonyl (C=O) groups excluding carboxylic acids is 2. The van der Waals surface area contributed by atoms with E-state index >= 15 is 0 Å². The van der Waals surface area contributed by atoms with E-state index in [0.717, 1.165) is 25.8 Å². The van der Waals surface area contributed by atoms with Crippen LogP contribution in [0.1, 0.15) is 38.5 Å². The average Bonchev–Trinajstić information content (AvgIpc) is 3.01. The topological polar surface area (TPSA) is 96.1 Å². The summed E-state index contributed by atoms with van der Waals surface area (Å²) < 4.78 is 5.78. The molecular formula is C17H29N3O4. The molecule has 1 saturated carbocycles. The fraction of sp³-hybridized carbons (Fsp3) is 0.882. The number of likely N-dealkylation sites (tertiary alicyclic amines) is 2. The van der Waals surface area contributed by atoms with Gasteiger partial charge in [0.2, 0.25) is 11.8 Å². The zero-order valence-corrected chi connectivity index (χ0v) is 14.3. The lowest BCUT2D eigenvalue weighted by Crippen LogP contribution is -2.63. The van der Waals surface area contributed by atoms with E-state index in [2.05, 4.69) is 0 Å². The van der Waals surface area contributed by atoms with Gasteiger partial charge >= 0.3 is 0 Å². The standard InChI is InChI=1S/C17H29N3O4/c18-6-11-24-14-12-13(21)17(14)4-9-20(10-5-17)16(23)3-8-19-7-1-2-15(19)22/h13-14,21H,1-12,18H2/t13-,14+/m0/s1. The van der Waals surface area contributed by atoms with Crippen molar-refractivity contribution >= 4 is 11.8 Å². The summed E-state index contributed by atoms with van der Waals surface area (Å²) in [5.41, 5.74) is 5.30. The molecule has 3 rings (SSSR count). The van der Waals surface area contributed by atoms with Gasteiger partial charge in [0.1, 0.15) is 0 Å². The predicted octanol–water partition coefficient (Wildman–Crippen LogP) is -0.284. The van der Waals surface area contributed by atoms with Crippen LogP contribution in [0.5, 0.6) is 0 Å². The van der Waals surface area contributed by atoms with Gasteiger partial charge in [-0.25, -0.2) is 0 Å². The van der Waals surface area contributed by atoms with Gasteiger partial charge in [0.15, 0.2) is 0 Å². The molecule has 0 radical (unpaired) electrons. The Labute approximate surface area is 143 Å². The van der Waals surface area contributed by atoms with E-state index in [9.17, 15) is 14.7 Å². The molecule has 136 valence electrons. The molecule has 2 atom stereocenters. The molecule has 7 heteroatoms. The first kappa shape index (κ1) is 17.6. The number of aliphatic hydroxyl groups excluding tert-OH is 1. The number of carbonyl (C=O) groups is 2. The van der Waals surface area contributed by atoms with Crippen LogP contribution in [0.15, 0.2) is 0 Å². The van der Waals surface area contributed by atoms with Gasteiger partial charge in [0.05, 0.1) is 18.8 Å². The Hall–Kier alpha value is -1.18. The van der Waals surface area contributed by atoms with Gasteiger partial charge in [-0.2, -0.15) is 0 Å². The lowest BCUT2D eigenvalue weighted by atomic mass is 9.58. The van der Waals surface area contributed by atoms with Crippen molar-refractivity contribution in [1.82, 2.24) is 9.80 Å². The first-order valence-electron chi connectivity index (χ1n) is 9.12. The second-order valence-corrected chi connectivity index (χ2v) is 7.25. The molecule has 2 amide bonds. The molecular weight excluding hydrogens is 310 g/mol. The summed E-state index contributed by atoms with van der Waals surface area (Å²) in [6, 6.07) is 0. The number of nitrogens with two attached hydrogens (primary N) is 1. The summed E-state index contributed by atoms with van der Waals surface area (Å²) >= 11 is 0. The summed E-state index contributed by atoms with van der Waals surface area (Å²) in [6.07, 6.45) is 3.87. The molecule has 0 aromatic heterocycles. The van der Waals surface area contributed by atoms with Crippen molar-refractivity contribution in [2.24, 2.45) is 11.1 Å². The minimum absolute atomic E-state index is 0.0653. The maximum absolute atomic E-state index is 12.4. The minimum atomic E-state index is -0.334. The summed E-state index contributed by atoms with van der Waals surface area (Å²) in [5, 5.41) is 10.2. The van der Waals surface area contributed by atoms with Crippen LogP contribution in [0.3, 0.4) is 0 Å². The quantitative estimate of drug-likeness (QED) is 0.694. The van der Waals surface area contributed by atoms with Gasteiger partial charge in [0, 0.05) is 57.4 Å². The Kier molecular flexibility index (Phi) is 5.42. The number of hydrogen-bond acceptors (Lipinski definition) is 5. The summed E-state index contributed by atoms with van der Waals surface area (Å²) in [5.74, 6) is 0.274. The van der Waals surface area contributed by atoms with Crippen LogP contribution >= 0.6 is 0 Å². The molecule has 1 spiro atoms. The fourth-order valence-electron chi connectivity index (χ4n) is 4.33. The van der Waals surface area contributed by atoms with E-state index in [4.69, 9.17) is 10.5 Å². The van der Waals surface area contributed by atoms with Crippen molar-refractivity contribution in [3.05, 3.63) is 0 Å². The third-order valence-corrected chi connectivity index (χ3v) is 5.99. The number of amides is 2. The molecule has 2 saturated heterocycles. The zero-order valence-electron chi connectivity index (χ0n) is 14.3. The Balaban J connectivity index is 1.45. The van der Waals surface area contributed by atoms with Crippen molar-refractivity contribution in [3.63, 3.8) is 0 Å². The molecule has 0 aromatic carbocycles. The number of rotatable bonds is 6. The fourth-order valence-corrected chi connectivity index (χ4v) is 4.33. The maximum atomic E-state index is 12.4. The zero-order chi connectivity index (χ0) is 17.2. The van der Waals surface area contributed by atoms with E-state index in [1.54, 1.807) is 4.90 Å².